The minimum Gasteiger partial charge on any atom is -0.370 e. The van der Waals surface area contributed by atoms with Gasteiger partial charge in [-0.1, -0.05) is 0 Å². The molecule has 0 aliphatic heterocycles. The van der Waals surface area contributed by atoms with Crippen LogP contribution in [0.25, 0.3) is 0 Å². The molecule has 1 aromatic rings. The molecule has 10 heteroatoms. The maximum atomic E-state index is 11.8. The summed E-state index contributed by atoms with van der Waals surface area (Å²) in [7, 11) is 3.45. The van der Waals surface area contributed by atoms with E-state index in [0.717, 1.165) is 0 Å². The van der Waals surface area contributed by atoms with Crippen molar-refractivity contribution in [2.24, 2.45) is 0 Å². The third-order valence-electron chi connectivity index (χ3n) is 1.79. The van der Waals surface area contributed by atoms with Crippen LogP contribution in [0.5, 0.6) is 0 Å². The van der Waals surface area contributed by atoms with Gasteiger partial charge in [0.1, 0.15) is 6.61 Å². The Kier molecular flexibility index (Phi) is 5.55. The molecule has 0 aromatic carbocycles. The molecule has 0 unspecified atom stereocenters. The summed E-state index contributed by atoms with van der Waals surface area (Å²) in [5.41, 5.74) is 0. The topological polar surface area (TPSA) is 63.2 Å². The summed E-state index contributed by atoms with van der Waals surface area (Å²) in [5, 5.41) is 2.70. The summed E-state index contributed by atoms with van der Waals surface area (Å²) in [6.45, 7) is -1.28. The van der Waals surface area contributed by atoms with E-state index in [4.69, 9.17) is 11.6 Å². The van der Waals surface area contributed by atoms with Crippen molar-refractivity contribution < 1.29 is 17.9 Å². The molecular weight excluding hydrogens is 287 g/mol. The van der Waals surface area contributed by atoms with Gasteiger partial charge in [0.25, 0.3) is 0 Å². The number of alkyl halides is 3. The third kappa shape index (κ3) is 6.39. The maximum absolute atomic E-state index is 11.8. The van der Waals surface area contributed by atoms with Gasteiger partial charge in [0.05, 0.1) is 6.61 Å². The van der Waals surface area contributed by atoms with Crippen LogP contribution in [0.1, 0.15) is 0 Å². The number of aromatic nitrogens is 3. The van der Waals surface area contributed by atoms with E-state index in [0.29, 0.717) is 5.95 Å². The summed E-state index contributed by atoms with van der Waals surface area (Å²) in [5.74, 6) is 0.526. The Morgan fingerprint density at radius 2 is 1.95 bits per heavy atom. The van der Waals surface area contributed by atoms with Gasteiger partial charge in [-0.05, 0) is 11.6 Å². The highest BCUT2D eigenvalue weighted by Crippen LogP contribution is 2.14. The van der Waals surface area contributed by atoms with Crippen LogP contribution in [-0.2, 0) is 4.74 Å². The first kappa shape index (κ1) is 15.7. The van der Waals surface area contributed by atoms with E-state index in [-0.39, 0.29) is 24.4 Å². The minimum absolute atomic E-state index is 0.00240. The highest BCUT2D eigenvalue weighted by atomic mass is 35.5. The van der Waals surface area contributed by atoms with Gasteiger partial charge in [-0.25, -0.2) is 0 Å². The van der Waals surface area contributed by atoms with E-state index >= 15 is 0 Å². The lowest BCUT2D eigenvalue weighted by atomic mass is 10.6. The predicted molar refractivity (Wildman–Crippen MR) is 64.5 cm³/mol. The zero-order chi connectivity index (χ0) is 14.5. The molecule has 1 N–H and O–H groups in total. The molecule has 6 nitrogen and oxygen atoms in total. The molecule has 1 heterocycles. The molecule has 1 rings (SSSR count). The first-order chi connectivity index (χ1) is 8.78. The predicted octanol–water partition coefficient (Wildman–Crippen LogP) is 1.58. The van der Waals surface area contributed by atoms with Crippen molar-refractivity contribution in [1.82, 2.24) is 15.0 Å². The Bertz CT molecular complexity index is 415. The van der Waals surface area contributed by atoms with E-state index < -0.39 is 12.8 Å². The number of hydrogen-bond donors (Lipinski definition) is 1. The van der Waals surface area contributed by atoms with Crippen LogP contribution in [0.4, 0.5) is 25.1 Å². The SMILES string of the molecule is CN(C)c1nc(Cl)nc(NCCOCC(F)(F)F)n1. The molecule has 0 spiro atoms. The molecule has 0 saturated heterocycles. The lowest BCUT2D eigenvalue weighted by molar-refractivity contribution is -0.172. The van der Waals surface area contributed by atoms with Crippen LogP contribution < -0.4 is 10.2 Å². The van der Waals surface area contributed by atoms with E-state index in [9.17, 15) is 13.2 Å². The molecule has 0 saturated carbocycles. The fourth-order valence-electron chi connectivity index (χ4n) is 1.04. The first-order valence-electron chi connectivity index (χ1n) is 5.25. The Hall–Kier alpha value is -1.35. The summed E-state index contributed by atoms with van der Waals surface area (Å²) < 4.78 is 39.8. The molecule has 0 aliphatic rings. The molecule has 0 bridgehead atoms. The zero-order valence-corrected chi connectivity index (χ0v) is 11.1. The largest absolute Gasteiger partial charge is 0.411 e. The van der Waals surface area contributed by atoms with Crippen LogP contribution in [0.15, 0.2) is 0 Å². The maximum Gasteiger partial charge on any atom is 0.411 e. The van der Waals surface area contributed by atoms with Crippen molar-refractivity contribution in [3.63, 3.8) is 0 Å². The van der Waals surface area contributed by atoms with Crippen molar-refractivity contribution in [2.75, 3.05) is 44.1 Å². The number of ether oxygens (including phenoxy) is 1. The summed E-state index contributed by atoms with van der Waals surface area (Å²) in [6, 6.07) is 0. The molecule has 0 fully saturated rings. The first-order valence-corrected chi connectivity index (χ1v) is 5.63. The van der Waals surface area contributed by atoms with Crippen LogP contribution >= 0.6 is 11.6 Å². The normalized spacial score (nSPS) is 11.5. The van der Waals surface area contributed by atoms with Gasteiger partial charge in [0.2, 0.25) is 17.2 Å². The molecular formula is C9H13ClF3N5O. The van der Waals surface area contributed by atoms with Crippen molar-refractivity contribution in [3.05, 3.63) is 5.28 Å². The molecule has 0 atom stereocenters. The number of nitrogens with zero attached hydrogens (tertiary/aromatic N) is 4. The average Bonchev–Trinajstić information content (AvgIpc) is 2.26. The number of halogens is 4. The smallest absolute Gasteiger partial charge is 0.370 e. The van der Waals surface area contributed by atoms with Crippen molar-refractivity contribution in [1.29, 1.82) is 0 Å². The molecule has 19 heavy (non-hydrogen) atoms. The van der Waals surface area contributed by atoms with Gasteiger partial charge in [-0.15, -0.1) is 0 Å². The average molecular weight is 300 g/mol. The monoisotopic (exact) mass is 299 g/mol. The number of anilines is 2. The van der Waals surface area contributed by atoms with Crippen LogP contribution in [0, 0.1) is 0 Å². The fraction of sp³-hybridized carbons (Fsp3) is 0.667. The Labute approximate surface area is 113 Å². The molecule has 0 amide bonds. The van der Waals surface area contributed by atoms with Crippen molar-refractivity contribution >= 4 is 23.5 Å². The van der Waals surface area contributed by atoms with Gasteiger partial charge >= 0.3 is 6.18 Å². The highest BCUT2D eigenvalue weighted by molar-refractivity contribution is 6.28. The standard InChI is InChI=1S/C9H13ClF3N5O/c1-18(2)8-16-6(10)15-7(17-8)14-3-4-19-5-9(11,12)13/h3-5H2,1-2H3,(H,14,15,16,17). The van der Waals surface area contributed by atoms with Gasteiger partial charge in [-0.2, -0.15) is 28.1 Å². The number of nitrogens with one attached hydrogen (secondary N) is 1. The number of rotatable bonds is 6. The van der Waals surface area contributed by atoms with Crippen LogP contribution in [0.3, 0.4) is 0 Å². The summed E-state index contributed by atoms with van der Waals surface area (Å²) in [6.07, 6.45) is -4.32. The lowest BCUT2D eigenvalue weighted by Crippen LogP contribution is -2.21. The van der Waals surface area contributed by atoms with E-state index in [2.05, 4.69) is 25.0 Å². The van der Waals surface area contributed by atoms with Crippen molar-refractivity contribution in [2.45, 2.75) is 6.18 Å². The van der Waals surface area contributed by atoms with Gasteiger partial charge in [-0.3, -0.25) is 0 Å². The van der Waals surface area contributed by atoms with Crippen LogP contribution in [-0.4, -0.2) is 55.0 Å². The quantitative estimate of drug-likeness (QED) is 0.805. The fourth-order valence-corrected chi connectivity index (χ4v) is 1.20. The molecule has 0 radical (unpaired) electrons. The Morgan fingerprint density at radius 3 is 2.53 bits per heavy atom. The molecule has 1 aromatic heterocycles. The van der Waals surface area contributed by atoms with Gasteiger partial charge < -0.3 is 15.0 Å². The van der Waals surface area contributed by atoms with E-state index in [1.807, 2.05) is 0 Å². The second kappa shape index (κ2) is 6.71. The van der Waals surface area contributed by atoms with Crippen LogP contribution in [0.2, 0.25) is 5.28 Å². The third-order valence-corrected chi connectivity index (χ3v) is 1.96. The summed E-state index contributed by atoms with van der Waals surface area (Å²) >= 11 is 5.69. The van der Waals surface area contributed by atoms with E-state index in [1.54, 1.807) is 19.0 Å². The Morgan fingerprint density at radius 1 is 1.26 bits per heavy atom. The van der Waals surface area contributed by atoms with E-state index in [1.165, 1.54) is 0 Å². The zero-order valence-electron chi connectivity index (χ0n) is 10.3. The van der Waals surface area contributed by atoms with Gasteiger partial charge in [0, 0.05) is 20.6 Å². The minimum atomic E-state index is -4.32. The number of hydrogen-bond acceptors (Lipinski definition) is 6. The molecule has 108 valence electrons. The van der Waals surface area contributed by atoms with Gasteiger partial charge in [0.15, 0.2) is 0 Å². The Balaban J connectivity index is 2.41. The van der Waals surface area contributed by atoms with Crippen molar-refractivity contribution in [3.8, 4) is 0 Å². The second-order valence-electron chi connectivity index (χ2n) is 3.72. The molecule has 0 aliphatic carbocycles. The second-order valence-corrected chi connectivity index (χ2v) is 4.06. The summed E-state index contributed by atoms with van der Waals surface area (Å²) in [4.78, 5) is 13.3. The lowest BCUT2D eigenvalue weighted by Gasteiger charge is -2.12. The highest BCUT2D eigenvalue weighted by Gasteiger charge is 2.27.